The predicted octanol–water partition coefficient (Wildman–Crippen LogP) is 2.49. The number of aromatic nitrogens is 3. The average molecular weight is 324 g/mol. The van der Waals surface area contributed by atoms with Gasteiger partial charge >= 0.3 is 0 Å². The Hall–Kier alpha value is -1.85. The minimum absolute atomic E-state index is 0.0908. The number of piperidine rings is 1. The predicted molar refractivity (Wildman–Crippen MR) is 91.3 cm³/mol. The Labute approximate surface area is 143 Å². The van der Waals surface area contributed by atoms with Gasteiger partial charge in [-0.15, -0.1) is 0 Å². The van der Waals surface area contributed by atoms with Crippen LogP contribution in [-0.2, 0) is 17.7 Å². The zero-order chi connectivity index (χ0) is 16.2. The summed E-state index contributed by atoms with van der Waals surface area (Å²) < 4.78 is 6.27. The minimum Gasteiger partial charge on any atom is -0.375 e. The molecule has 2 aliphatic heterocycles. The first-order valence-corrected chi connectivity index (χ1v) is 8.82. The van der Waals surface area contributed by atoms with Crippen molar-refractivity contribution in [1.82, 2.24) is 19.9 Å². The van der Waals surface area contributed by atoms with E-state index in [1.54, 1.807) is 12.4 Å². The Morgan fingerprint density at radius 2 is 1.96 bits per heavy atom. The Morgan fingerprint density at radius 3 is 2.71 bits per heavy atom. The quantitative estimate of drug-likeness (QED) is 0.865. The van der Waals surface area contributed by atoms with Crippen LogP contribution >= 0.6 is 0 Å². The first kappa shape index (κ1) is 15.7. The highest BCUT2D eigenvalue weighted by molar-refractivity contribution is 5.05. The number of hydrogen-bond acceptors (Lipinski definition) is 5. The molecule has 0 aliphatic carbocycles. The SMILES string of the molecule is c1ccc(CN2CCC3(CC2)CC(Cc2cnccn2)CO3)nc1. The molecule has 0 amide bonds. The van der Waals surface area contributed by atoms with Gasteiger partial charge in [-0.1, -0.05) is 6.07 Å². The highest BCUT2D eigenvalue weighted by atomic mass is 16.5. The first-order valence-electron chi connectivity index (χ1n) is 8.82. The van der Waals surface area contributed by atoms with Crippen molar-refractivity contribution in [3.8, 4) is 0 Å². The van der Waals surface area contributed by atoms with Gasteiger partial charge in [0.25, 0.3) is 0 Å². The molecule has 24 heavy (non-hydrogen) atoms. The summed E-state index contributed by atoms with van der Waals surface area (Å²) in [5.74, 6) is 0.573. The van der Waals surface area contributed by atoms with Gasteiger partial charge < -0.3 is 4.74 Å². The molecule has 0 aromatic carbocycles. The van der Waals surface area contributed by atoms with Crippen LogP contribution in [0.25, 0.3) is 0 Å². The van der Waals surface area contributed by atoms with Crippen LogP contribution in [-0.4, -0.2) is 45.1 Å². The van der Waals surface area contributed by atoms with Gasteiger partial charge in [0.2, 0.25) is 0 Å². The first-order chi connectivity index (χ1) is 11.8. The summed E-state index contributed by atoms with van der Waals surface area (Å²) in [6, 6.07) is 6.14. The molecule has 5 heteroatoms. The van der Waals surface area contributed by atoms with Gasteiger partial charge in [0, 0.05) is 44.4 Å². The zero-order valence-electron chi connectivity index (χ0n) is 14.0. The monoisotopic (exact) mass is 324 g/mol. The van der Waals surface area contributed by atoms with Crippen LogP contribution in [0.4, 0.5) is 0 Å². The van der Waals surface area contributed by atoms with Gasteiger partial charge in [0.1, 0.15) is 0 Å². The molecule has 1 atom stereocenters. The normalized spacial score (nSPS) is 23.6. The third kappa shape index (κ3) is 3.62. The smallest absolute Gasteiger partial charge is 0.0710 e. The summed E-state index contributed by atoms with van der Waals surface area (Å²) in [5.41, 5.74) is 2.32. The summed E-state index contributed by atoms with van der Waals surface area (Å²) in [6.07, 6.45) is 11.6. The van der Waals surface area contributed by atoms with Crippen molar-refractivity contribution in [2.24, 2.45) is 5.92 Å². The maximum absolute atomic E-state index is 6.27. The Morgan fingerprint density at radius 1 is 1.08 bits per heavy atom. The molecule has 2 aliphatic rings. The van der Waals surface area contributed by atoms with Crippen LogP contribution in [0.5, 0.6) is 0 Å². The van der Waals surface area contributed by atoms with Gasteiger partial charge in [-0.2, -0.15) is 0 Å². The van der Waals surface area contributed by atoms with E-state index in [1.165, 1.54) is 0 Å². The van der Waals surface area contributed by atoms with Crippen LogP contribution in [0.1, 0.15) is 30.7 Å². The van der Waals surface area contributed by atoms with E-state index >= 15 is 0 Å². The third-order valence-electron chi connectivity index (χ3n) is 5.28. The van der Waals surface area contributed by atoms with Crippen LogP contribution in [0.15, 0.2) is 43.0 Å². The highest BCUT2D eigenvalue weighted by Gasteiger charge is 2.42. The summed E-state index contributed by atoms with van der Waals surface area (Å²) in [6.45, 7) is 3.99. The van der Waals surface area contributed by atoms with Crippen molar-refractivity contribution >= 4 is 0 Å². The molecule has 5 nitrogen and oxygen atoms in total. The van der Waals surface area contributed by atoms with E-state index < -0.39 is 0 Å². The van der Waals surface area contributed by atoms with Gasteiger partial charge in [0.05, 0.1) is 23.6 Å². The summed E-state index contributed by atoms with van der Waals surface area (Å²) in [4.78, 5) is 15.5. The van der Waals surface area contributed by atoms with E-state index in [0.717, 1.165) is 63.3 Å². The molecule has 0 radical (unpaired) electrons. The Balaban J connectivity index is 1.29. The number of hydrogen-bond donors (Lipinski definition) is 0. The molecule has 4 rings (SSSR count). The maximum atomic E-state index is 6.27. The topological polar surface area (TPSA) is 51.1 Å². The van der Waals surface area contributed by atoms with Gasteiger partial charge in [-0.25, -0.2) is 0 Å². The fourth-order valence-electron chi connectivity index (χ4n) is 3.99. The molecule has 0 bridgehead atoms. The lowest BCUT2D eigenvalue weighted by Gasteiger charge is -2.38. The molecular weight excluding hydrogens is 300 g/mol. The number of nitrogens with zero attached hydrogens (tertiary/aromatic N) is 4. The average Bonchev–Trinajstić information content (AvgIpc) is 3.01. The number of ether oxygens (including phenoxy) is 1. The molecule has 0 N–H and O–H groups in total. The number of rotatable bonds is 4. The van der Waals surface area contributed by atoms with E-state index in [1.807, 2.05) is 18.5 Å². The van der Waals surface area contributed by atoms with Crippen molar-refractivity contribution in [2.45, 2.75) is 37.8 Å². The van der Waals surface area contributed by atoms with Crippen LogP contribution in [0.2, 0.25) is 0 Å². The minimum atomic E-state index is 0.0908. The second kappa shape index (κ2) is 6.95. The van der Waals surface area contributed by atoms with Crippen molar-refractivity contribution in [2.75, 3.05) is 19.7 Å². The van der Waals surface area contributed by atoms with E-state index in [4.69, 9.17) is 4.74 Å². The Kier molecular flexibility index (Phi) is 4.54. The fourth-order valence-corrected chi connectivity index (χ4v) is 3.99. The third-order valence-corrected chi connectivity index (χ3v) is 5.28. The fraction of sp³-hybridized carbons (Fsp3) is 0.526. The van der Waals surface area contributed by atoms with Gasteiger partial charge in [-0.3, -0.25) is 19.9 Å². The maximum Gasteiger partial charge on any atom is 0.0710 e. The molecule has 1 unspecified atom stereocenters. The largest absolute Gasteiger partial charge is 0.375 e. The lowest BCUT2D eigenvalue weighted by molar-refractivity contribution is -0.0452. The lowest BCUT2D eigenvalue weighted by Crippen LogP contribution is -2.43. The number of pyridine rings is 1. The van der Waals surface area contributed by atoms with Gasteiger partial charge in [0.15, 0.2) is 0 Å². The second-order valence-corrected chi connectivity index (χ2v) is 7.06. The molecule has 2 aromatic heterocycles. The number of likely N-dealkylation sites (tertiary alicyclic amines) is 1. The zero-order valence-corrected chi connectivity index (χ0v) is 14.0. The van der Waals surface area contributed by atoms with Crippen LogP contribution in [0, 0.1) is 5.92 Å². The van der Waals surface area contributed by atoms with E-state index in [9.17, 15) is 0 Å². The molecular formula is C19H24N4O. The van der Waals surface area contributed by atoms with Crippen LogP contribution in [0.3, 0.4) is 0 Å². The standard InChI is InChI=1S/C19H24N4O/c1-2-6-21-17(3-1)14-23-9-4-19(5-10-23)12-16(15-24-19)11-18-13-20-7-8-22-18/h1-3,6-8,13,16H,4-5,9-12,14-15H2. The molecule has 4 heterocycles. The van der Waals surface area contributed by atoms with Gasteiger partial charge in [-0.05, 0) is 43.7 Å². The molecule has 1 spiro atoms. The second-order valence-electron chi connectivity index (χ2n) is 7.06. The summed E-state index contributed by atoms with van der Waals surface area (Å²) in [7, 11) is 0. The summed E-state index contributed by atoms with van der Waals surface area (Å²) in [5, 5.41) is 0. The highest BCUT2D eigenvalue weighted by Crippen LogP contribution is 2.39. The van der Waals surface area contributed by atoms with E-state index in [0.29, 0.717) is 5.92 Å². The van der Waals surface area contributed by atoms with Crippen molar-refractivity contribution in [3.63, 3.8) is 0 Å². The van der Waals surface area contributed by atoms with E-state index in [2.05, 4.69) is 32.0 Å². The van der Waals surface area contributed by atoms with Crippen LogP contribution < -0.4 is 0 Å². The lowest BCUT2D eigenvalue weighted by atomic mass is 9.84. The Bertz CT molecular complexity index is 641. The van der Waals surface area contributed by atoms with Crippen molar-refractivity contribution in [1.29, 1.82) is 0 Å². The molecule has 0 saturated carbocycles. The van der Waals surface area contributed by atoms with E-state index in [-0.39, 0.29) is 5.60 Å². The summed E-state index contributed by atoms with van der Waals surface area (Å²) >= 11 is 0. The molecule has 2 fully saturated rings. The molecule has 2 aromatic rings. The molecule has 2 saturated heterocycles. The van der Waals surface area contributed by atoms with Crippen molar-refractivity contribution < 1.29 is 4.74 Å². The molecule has 126 valence electrons. The van der Waals surface area contributed by atoms with Crippen molar-refractivity contribution in [3.05, 3.63) is 54.4 Å².